The number of para-hydroxylation sites is 1. The van der Waals surface area contributed by atoms with E-state index in [2.05, 4.69) is 9.88 Å². The Morgan fingerprint density at radius 1 is 0.889 bits per heavy atom. The molecular weight excluding hydrogens is 462 g/mol. The Balaban J connectivity index is 1.24. The lowest BCUT2D eigenvalue weighted by atomic mass is 10.1. The zero-order valence-electron chi connectivity index (χ0n) is 19.3. The minimum Gasteiger partial charge on any atom is -0.368 e. The zero-order chi connectivity index (χ0) is 25.2. The molecule has 36 heavy (non-hydrogen) atoms. The fraction of sp³-hybridized carbons (Fsp3) is 0.192. The molecule has 1 aliphatic heterocycles. The zero-order valence-corrected chi connectivity index (χ0v) is 19.3. The van der Waals surface area contributed by atoms with E-state index in [1.807, 2.05) is 0 Å². The van der Waals surface area contributed by atoms with E-state index in [-0.39, 0.29) is 23.7 Å². The molecule has 0 spiro atoms. The van der Waals surface area contributed by atoms with Crippen LogP contribution in [0.4, 0.5) is 11.4 Å². The molecule has 0 atom stereocenters. The smallest absolute Gasteiger partial charge is 0.329 e. The normalized spacial score (nSPS) is 13.7. The average molecular weight is 486 g/mol. The van der Waals surface area contributed by atoms with Crippen molar-refractivity contribution < 1.29 is 9.72 Å². The van der Waals surface area contributed by atoms with Crippen LogP contribution in [0, 0.1) is 10.1 Å². The van der Waals surface area contributed by atoms with Gasteiger partial charge in [-0.15, -0.1) is 0 Å². The van der Waals surface area contributed by atoms with E-state index in [4.69, 9.17) is 0 Å². The Morgan fingerprint density at radius 2 is 1.56 bits per heavy atom. The Kier molecular flexibility index (Phi) is 6.07. The minimum atomic E-state index is -0.482. The van der Waals surface area contributed by atoms with Crippen molar-refractivity contribution in [2.45, 2.75) is 6.54 Å². The number of benzene rings is 3. The van der Waals surface area contributed by atoms with Crippen LogP contribution in [-0.2, 0) is 6.54 Å². The number of nitro groups is 1. The van der Waals surface area contributed by atoms with Crippen molar-refractivity contribution in [3.05, 3.63) is 115 Å². The minimum absolute atomic E-state index is 0.0473. The van der Waals surface area contributed by atoms with Gasteiger partial charge in [0.15, 0.2) is 0 Å². The molecule has 0 aliphatic carbocycles. The van der Waals surface area contributed by atoms with Crippen molar-refractivity contribution in [1.29, 1.82) is 0 Å². The Morgan fingerprint density at radius 3 is 2.22 bits per heavy atom. The molecule has 5 rings (SSSR count). The number of aromatic nitrogens is 2. The number of nitro benzene ring substituents is 1. The lowest BCUT2D eigenvalue weighted by Crippen LogP contribution is -2.48. The Hall–Kier alpha value is -4.73. The third-order valence-electron chi connectivity index (χ3n) is 6.42. The van der Waals surface area contributed by atoms with Crippen LogP contribution in [0.5, 0.6) is 0 Å². The molecule has 1 aliphatic rings. The first-order valence-electron chi connectivity index (χ1n) is 11.5. The average Bonchev–Trinajstić information content (AvgIpc) is 2.91. The summed E-state index contributed by atoms with van der Waals surface area (Å²) in [4.78, 5) is 55.2. The van der Waals surface area contributed by atoms with Crippen molar-refractivity contribution in [3.8, 4) is 0 Å². The number of anilines is 1. The van der Waals surface area contributed by atoms with E-state index >= 15 is 0 Å². The number of hydrogen-bond acceptors (Lipinski definition) is 6. The molecule has 1 fully saturated rings. The van der Waals surface area contributed by atoms with Gasteiger partial charge in [-0.25, -0.2) is 4.79 Å². The molecular formula is C26H23N5O5. The number of nitrogens with one attached hydrogen (secondary N) is 1. The topological polar surface area (TPSA) is 122 Å². The van der Waals surface area contributed by atoms with E-state index < -0.39 is 10.6 Å². The van der Waals surface area contributed by atoms with Crippen LogP contribution in [0.2, 0.25) is 0 Å². The molecule has 0 bridgehead atoms. The molecule has 1 N–H and O–H groups in total. The van der Waals surface area contributed by atoms with Crippen molar-refractivity contribution in [1.82, 2.24) is 14.5 Å². The van der Waals surface area contributed by atoms with E-state index in [0.717, 1.165) is 15.8 Å². The van der Waals surface area contributed by atoms with Crippen molar-refractivity contribution >= 4 is 28.2 Å². The molecule has 4 aromatic rings. The Labute approximate surface area is 205 Å². The SMILES string of the molecule is O=C(c1ccc(Cn2c(=O)[nH]c3ccccc3c2=O)cc1)N1CCN(c2ccc([N+](=O)[O-])cc2)CC1. The summed E-state index contributed by atoms with van der Waals surface area (Å²) in [5, 5.41) is 11.3. The van der Waals surface area contributed by atoms with Crippen LogP contribution in [0.3, 0.4) is 0 Å². The first-order chi connectivity index (χ1) is 17.4. The fourth-order valence-corrected chi connectivity index (χ4v) is 4.41. The molecule has 1 amide bonds. The number of amides is 1. The maximum absolute atomic E-state index is 13.0. The van der Waals surface area contributed by atoms with Gasteiger partial charge in [0.2, 0.25) is 0 Å². The summed E-state index contributed by atoms with van der Waals surface area (Å²) in [5.41, 5.74) is 1.85. The number of H-pyrrole nitrogens is 1. The van der Waals surface area contributed by atoms with Gasteiger partial charge in [0, 0.05) is 49.6 Å². The predicted octanol–water partition coefficient (Wildman–Crippen LogP) is 2.61. The number of carbonyl (C=O) groups is 1. The highest BCUT2D eigenvalue weighted by Crippen LogP contribution is 2.21. The summed E-state index contributed by atoms with van der Waals surface area (Å²) in [6.07, 6.45) is 0. The van der Waals surface area contributed by atoms with Gasteiger partial charge in [0.1, 0.15) is 0 Å². The van der Waals surface area contributed by atoms with E-state index in [9.17, 15) is 24.5 Å². The molecule has 0 saturated carbocycles. The third-order valence-corrected chi connectivity index (χ3v) is 6.42. The molecule has 182 valence electrons. The summed E-state index contributed by atoms with van der Waals surface area (Å²) in [6.45, 7) is 2.39. The van der Waals surface area contributed by atoms with Gasteiger partial charge in [0.05, 0.1) is 22.4 Å². The number of non-ortho nitro benzene ring substituents is 1. The predicted molar refractivity (Wildman–Crippen MR) is 136 cm³/mol. The molecule has 1 aromatic heterocycles. The summed E-state index contributed by atoms with van der Waals surface area (Å²) in [7, 11) is 0. The molecule has 10 nitrogen and oxygen atoms in total. The van der Waals surface area contributed by atoms with Crippen LogP contribution in [0.25, 0.3) is 10.9 Å². The summed E-state index contributed by atoms with van der Waals surface area (Å²) in [5.74, 6) is -0.0920. The quantitative estimate of drug-likeness (QED) is 0.343. The second-order valence-corrected chi connectivity index (χ2v) is 8.62. The maximum atomic E-state index is 13.0. The van der Waals surface area contributed by atoms with Crippen molar-refractivity contribution in [3.63, 3.8) is 0 Å². The molecule has 3 aromatic carbocycles. The number of rotatable bonds is 5. The number of aromatic amines is 1. The van der Waals surface area contributed by atoms with Crippen LogP contribution in [0.15, 0.2) is 82.4 Å². The number of hydrogen-bond donors (Lipinski definition) is 1. The van der Waals surface area contributed by atoms with Crippen molar-refractivity contribution in [2.75, 3.05) is 31.1 Å². The highest BCUT2D eigenvalue weighted by molar-refractivity contribution is 5.94. The van der Waals surface area contributed by atoms with Gasteiger partial charge in [-0.1, -0.05) is 24.3 Å². The van der Waals surface area contributed by atoms with E-state index in [1.165, 1.54) is 12.1 Å². The monoisotopic (exact) mass is 485 g/mol. The molecule has 2 heterocycles. The maximum Gasteiger partial charge on any atom is 0.329 e. The second-order valence-electron chi connectivity index (χ2n) is 8.62. The van der Waals surface area contributed by atoms with Gasteiger partial charge < -0.3 is 14.8 Å². The van der Waals surface area contributed by atoms with Gasteiger partial charge in [-0.2, -0.15) is 0 Å². The highest BCUT2D eigenvalue weighted by atomic mass is 16.6. The van der Waals surface area contributed by atoms with E-state index in [0.29, 0.717) is 42.6 Å². The number of carbonyl (C=O) groups excluding carboxylic acids is 1. The van der Waals surface area contributed by atoms with E-state index in [1.54, 1.807) is 65.6 Å². The first kappa shape index (κ1) is 23.0. The molecule has 1 saturated heterocycles. The van der Waals surface area contributed by atoms with Crippen LogP contribution >= 0.6 is 0 Å². The number of nitrogens with zero attached hydrogens (tertiary/aromatic N) is 4. The lowest BCUT2D eigenvalue weighted by Gasteiger charge is -2.36. The van der Waals surface area contributed by atoms with Gasteiger partial charge in [0.25, 0.3) is 17.2 Å². The molecule has 0 radical (unpaired) electrons. The lowest BCUT2D eigenvalue weighted by molar-refractivity contribution is -0.384. The second kappa shape index (κ2) is 9.49. The van der Waals surface area contributed by atoms with Crippen LogP contribution in [0.1, 0.15) is 15.9 Å². The number of fused-ring (bicyclic) bond motifs is 1. The Bertz CT molecular complexity index is 1550. The molecule has 10 heteroatoms. The van der Waals surface area contributed by atoms with Crippen LogP contribution in [-0.4, -0.2) is 51.5 Å². The summed E-state index contributed by atoms with van der Waals surface area (Å²) in [6, 6.07) is 20.2. The van der Waals surface area contributed by atoms with Gasteiger partial charge in [-0.05, 0) is 42.0 Å². The highest BCUT2D eigenvalue weighted by Gasteiger charge is 2.23. The first-order valence-corrected chi connectivity index (χ1v) is 11.5. The van der Waals surface area contributed by atoms with Gasteiger partial charge in [-0.3, -0.25) is 24.3 Å². The largest absolute Gasteiger partial charge is 0.368 e. The fourth-order valence-electron chi connectivity index (χ4n) is 4.41. The molecule has 0 unspecified atom stereocenters. The van der Waals surface area contributed by atoms with Crippen LogP contribution < -0.4 is 16.1 Å². The third kappa shape index (κ3) is 4.48. The standard InChI is InChI=1S/C26H23N5O5/c32-24(29-15-13-28(14-16-29)20-9-11-21(12-10-20)31(35)36)19-7-5-18(6-8-19)17-30-25(33)22-3-1-2-4-23(22)27-26(30)34/h1-12H,13-17H2,(H,27,34). The summed E-state index contributed by atoms with van der Waals surface area (Å²) < 4.78 is 1.15. The summed E-state index contributed by atoms with van der Waals surface area (Å²) >= 11 is 0. The number of piperazine rings is 1. The van der Waals surface area contributed by atoms with Gasteiger partial charge >= 0.3 is 5.69 Å². The van der Waals surface area contributed by atoms with Crippen molar-refractivity contribution in [2.24, 2.45) is 0 Å².